The summed E-state index contributed by atoms with van der Waals surface area (Å²) < 4.78 is 0. The van der Waals surface area contributed by atoms with Gasteiger partial charge in [-0.2, -0.15) is 0 Å². The first-order chi connectivity index (χ1) is 6.16. The van der Waals surface area contributed by atoms with Crippen molar-refractivity contribution in [2.75, 3.05) is 6.54 Å². The van der Waals surface area contributed by atoms with Crippen LogP contribution in [0.15, 0.2) is 0 Å². The zero-order valence-corrected chi connectivity index (χ0v) is 8.90. The zero-order chi connectivity index (χ0) is 9.73. The fourth-order valence-corrected chi connectivity index (χ4v) is 2.04. The van der Waals surface area contributed by atoms with Crippen LogP contribution in [0.3, 0.4) is 0 Å². The highest BCUT2D eigenvalue weighted by atomic mass is 14.9. The lowest BCUT2D eigenvalue weighted by atomic mass is 9.75. The van der Waals surface area contributed by atoms with Crippen LogP contribution in [0.4, 0.5) is 0 Å². The van der Waals surface area contributed by atoms with E-state index in [1.54, 1.807) is 0 Å². The summed E-state index contributed by atoms with van der Waals surface area (Å²) in [5.41, 5.74) is 0.503. The lowest BCUT2D eigenvalue weighted by molar-refractivity contribution is 0.206. The summed E-state index contributed by atoms with van der Waals surface area (Å²) in [7, 11) is 0. The molecule has 0 aliphatic heterocycles. The minimum absolute atomic E-state index is 0.221. The highest BCUT2D eigenvalue weighted by Gasteiger charge is 2.26. The quantitative estimate of drug-likeness (QED) is 0.657. The summed E-state index contributed by atoms with van der Waals surface area (Å²) in [6.45, 7) is 5.51. The van der Waals surface area contributed by atoms with Gasteiger partial charge in [-0.25, -0.2) is 0 Å². The Morgan fingerprint density at radius 1 is 1.38 bits per heavy atom. The molecule has 0 heterocycles. The summed E-state index contributed by atoms with van der Waals surface area (Å²) in [4.78, 5) is 0. The van der Waals surface area contributed by atoms with Gasteiger partial charge in [0.05, 0.1) is 6.04 Å². The van der Waals surface area contributed by atoms with Gasteiger partial charge in [-0.15, -0.1) is 6.42 Å². The molecule has 1 saturated carbocycles. The average molecular weight is 179 g/mol. The number of nitrogens with one attached hydrogen (secondary N) is 1. The number of hydrogen-bond acceptors (Lipinski definition) is 1. The molecule has 74 valence electrons. The van der Waals surface area contributed by atoms with E-state index >= 15 is 0 Å². The maximum atomic E-state index is 5.32. The van der Waals surface area contributed by atoms with Crippen LogP contribution in [0.1, 0.15) is 46.0 Å². The standard InChI is InChI=1S/C12H21N/c1-4-11(2)13-10-12(3)8-6-5-7-9-12/h1,11,13H,5-10H2,2-3H3. The van der Waals surface area contributed by atoms with Crippen molar-refractivity contribution in [3.05, 3.63) is 0 Å². The molecular weight excluding hydrogens is 158 g/mol. The second-order valence-electron chi connectivity index (χ2n) is 4.64. The molecule has 1 aliphatic rings. The lowest BCUT2D eigenvalue weighted by Crippen LogP contribution is -2.37. The van der Waals surface area contributed by atoms with Gasteiger partial charge in [-0.05, 0) is 25.2 Å². The zero-order valence-electron chi connectivity index (χ0n) is 8.90. The van der Waals surface area contributed by atoms with Crippen molar-refractivity contribution in [1.29, 1.82) is 0 Å². The van der Waals surface area contributed by atoms with E-state index in [9.17, 15) is 0 Å². The monoisotopic (exact) mass is 179 g/mol. The Bertz CT molecular complexity index is 184. The summed E-state index contributed by atoms with van der Waals surface area (Å²) >= 11 is 0. The van der Waals surface area contributed by atoms with Gasteiger partial charge < -0.3 is 5.32 Å². The Balaban J connectivity index is 2.29. The Morgan fingerprint density at radius 3 is 2.54 bits per heavy atom. The van der Waals surface area contributed by atoms with Gasteiger partial charge in [0, 0.05) is 6.54 Å². The molecule has 0 radical (unpaired) electrons. The molecule has 1 unspecified atom stereocenters. The third-order valence-corrected chi connectivity index (χ3v) is 3.15. The molecule has 1 aliphatic carbocycles. The molecule has 0 aromatic carbocycles. The van der Waals surface area contributed by atoms with Gasteiger partial charge in [0.15, 0.2) is 0 Å². The predicted octanol–water partition coefficient (Wildman–Crippen LogP) is 2.57. The molecule has 0 bridgehead atoms. The molecular formula is C12H21N. The Kier molecular flexibility index (Phi) is 3.81. The van der Waals surface area contributed by atoms with Crippen molar-refractivity contribution in [3.8, 4) is 12.3 Å². The predicted molar refractivity (Wildman–Crippen MR) is 57.5 cm³/mol. The molecule has 0 amide bonds. The van der Waals surface area contributed by atoms with Gasteiger partial charge in [0.2, 0.25) is 0 Å². The summed E-state index contributed by atoms with van der Waals surface area (Å²) in [5.74, 6) is 2.71. The molecule has 1 nitrogen and oxygen atoms in total. The number of rotatable bonds is 3. The minimum atomic E-state index is 0.221. The normalized spacial score (nSPS) is 23.5. The summed E-state index contributed by atoms with van der Waals surface area (Å²) in [6.07, 6.45) is 12.2. The van der Waals surface area contributed by atoms with Gasteiger partial charge in [0.1, 0.15) is 0 Å². The smallest absolute Gasteiger partial charge is 0.0658 e. The second-order valence-corrected chi connectivity index (χ2v) is 4.64. The third-order valence-electron chi connectivity index (χ3n) is 3.15. The third kappa shape index (κ3) is 3.40. The molecule has 0 aromatic heterocycles. The van der Waals surface area contributed by atoms with E-state index in [1.807, 2.05) is 6.92 Å². The van der Waals surface area contributed by atoms with Gasteiger partial charge in [0.25, 0.3) is 0 Å². The van der Waals surface area contributed by atoms with Crippen LogP contribution in [-0.4, -0.2) is 12.6 Å². The minimum Gasteiger partial charge on any atom is -0.303 e. The molecule has 1 fully saturated rings. The van der Waals surface area contributed by atoms with Crippen molar-refractivity contribution in [3.63, 3.8) is 0 Å². The lowest BCUT2D eigenvalue weighted by Gasteiger charge is -2.34. The van der Waals surface area contributed by atoms with E-state index in [0.717, 1.165) is 6.54 Å². The van der Waals surface area contributed by atoms with E-state index in [0.29, 0.717) is 5.41 Å². The first kappa shape index (κ1) is 10.6. The largest absolute Gasteiger partial charge is 0.303 e. The average Bonchev–Trinajstić information content (AvgIpc) is 2.15. The van der Waals surface area contributed by atoms with Crippen molar-refractivity contribution >= 4 is 0 Å². The van der Waals surface area contributed by atoms with Gasteiger partial charge in [-0.3, -0.25) is 0 Å². The van der Waals surface area contributed by atoms with Gasteiger partial charge in [-0.1, -0.05) is 32.1 Å². The molecule has 13 heavy (non-hydrogen) atoms. The SMILES string of the molecule is C#CC(C)NCC1(C)CCCCC1. The second kappa shape index (κ2) is 4.67. The maximum Gasteiger partial charge on any atom is 0.0658 e. The van der Waals surface area contributed by atoms with Crippen LogP contribution in [0.5, 0.6) is 0 Å². The fourth-order valence-electron chi connectivity index (χ4n) is 2.04. The maximum absolute atomic E-state index is 5.32. The fraction of sp³-hybridized carbons (Fsp3) is 0.833. The Morgan fingerprint density at radius 2 is 2.00 bits per heavy atom. The van der Waals surface area contributed by atoms with E-state index in [1.165, 1.54) is 32.1 Å². The molecule has 1 rings (SSSR count). The van der Waals surface area contributed by atoms with E-state index in [4.69, 9.17) is 6.42 Å². The molecule has 0 aromatic rings. The van der Waals surface area contributed by atoms with Crippen molar-refractivity contribution in [1.82, 2.24) is 5.32 Å². The van der Waals surface area contributed by atoms with E-state index in [2.05, 4.69) is 18.2 Å². The van der Waals surface area contributed by atoms with Crippen LogP contribution in [0, 0.1) is 17.8 Å². The van der Waals surface area contributed by atoms with Crippen LogP contribution in [-0.2, 0) is 0 Å². The number of terminal acetylenes is 1. The number of hydrogen-bond donors (Lipinski definition) is 1. The summed E-state index contributed by atoms with van der Waals surface area (Å²) in [5, 5.41) is 3.41. The van der Waals surface area contributed by atoms with E-state index < -0.39 is 0 Å². The van der Waals surface area contributed by atoms with Crippen LogP contribution in [0.25, 0.3) is 0 Å². The summed E-state index contributed by atoms with van der Waals surface area (Å²) in [6, 6.07) is 0.221. The van der Waals surface area contributed by atoms with Crippen LogP contribution >= 0.6 is 0 Å². The van der Waals surface area contributed by atoms with Crippen LogP contribution < -0.4 is 5.32 Å². The van der Waals surface area contributed by atoms with Crippen LogP contribution in [0.2, 0.25) is 0 Å². The first-order valence-corrected chi connectivity index (χ1v) is 5.36. The van der Waals surface area contributed by atoms with Crippen molar-refractivity contribution in [2.24, 2.45) is 5.41 Å². The Labute approximate surface area is 82.3 Å². The highest BCUT2D eigenvalue weighted by molar-refractivity contribution is 4.96. The van der Waals surface area contributed by atoms with Crippen molar-refractivity contribution < 1.29 is 0 Å². The molecule has 1 atom stereocenters. The Hall–Kier alpha value is -0.480. The molecule has 0 saturated heterocycles. The van der Waals surface area contributed by atoms with Crippen molar-refractivity contribution in [2.45, 2.75) is 52.0 Å². The topological polar surface area (TPSA) is 12.0 Å². The molecule has 0 spiro atoms. The first-order valence-electron chi connectivity index (χ1n) is 5.36. The van der Waals surface area contributed by atoms with Gasteiger partial charge >= 0.3 is 0 Å². The molecule has 1 N–H and O–H groups in total. The van der Waals surface area contributed by atoms with E-state index in [-0.39, 0.29) is 6.04 Å². The highest BCUT2D eigenvalue weighted by Crippen LogP contribution is 2.34. The molecule has 1 heteroatoms.